The number of aliphatic hydroxyl groups excluding tert-OH is 2. The van der Waals surface area contributed by atoms with Crippen molar-refractivity contribution in [3.8, 4) is 0 Å². The van der Waals surface area contributed by atoms with Gasteiger partial charge in [0.25, 0.3) is 0 Å². The number of hydrogen-bond acceptors (Lipinski definition) is 5. The lowest BCUT2D eigenvalue weighted by Gasteiger charge is -2.23. The summed E-state index contributed by atoms with van der Waals surface area (Å²) in [5.41, 5.74) is 0. The predicted octanol–water partition coefficient (Wildman–Crippen LogP) is 13.8. The summed E-state index contributed by atoms with van der Waals surface area (Å²) in [5, 5.41) is 23.5. The number of hydrogen-bond donors (Lipinski definition) is 3. The Labute approximate surface area is 351 Å². The number of nitrogens with one attached hydrogen (secondary N) is 1. The Bertz CT molecular complexity index is 1070. The largest absolute Gasteiger partial charge is 0.458 e. The molecule has 6 heteroatoms. The molecule has 0 fully saturated rings. The van der Waals surface area contributed by atoms with E-state index in [0.717, 1.165) is 64.2 Å². The number of carbonyl (C=O) groups is 2. The average molecular weight is 796 g/mol. The van der Waals surface area contributed by atoms with E-state index in [1.807, 2.05) is 6.08 Å². The zero-order chi connectivity index (χ0) is 41.7. The molecule has 0 rings (SSSR count). The van der Waals surface area contributed by atoms with Gasteiger partial charge in [-0.1, -0.05) is 197 Å². The summed E-state index contributed by atoms with van der Waals surface area (Å²) in [6, 6.07) is -0.743. The highest BCUT2D eigenvalue weighted by atomic mass is 16.5. The number of ether oxygens (including phenoxy) is 1. The van der Waals surface area contributed by atoms with Gasteiger partial charge in [0.05, 0.1) is 25.2 Å². The van der Waals surface area contributed by atoms with Crippen molar-refractivity contribution in [1.82, 2.24) is 5.32 Å². The van der Waals surface area contributed by atoms with Gasteiger partial charge in [-0.2, -0.15) is 0 Å². The van der Waals surface area contributed by atoms with Gasteiger partial charge in [-0.25, -0.2) is 0 Å². The van der Waals surface area contributed by atoms with Crippen molar-refractivity contribution in [3.63, 3.8) is 0 Å². The molecular weight excluding hydrogens is 707 g/mol. The third-order valence-corrected chi connectivity index (χ3v) is 10.3. The van der Waals surface area contributed by atoms with Crippen LogP contribution < -0.4 is 5.32 Å². The molecule has 0 radical (unpaired) electrons. The van der Waals surface area contributed by atoms with Gasteiger partial charge in [-0.05, 0) is 76.7 Å². The number of allylic oxidation sites excluding steroid dienone is 11. The Morgan fingerprint density at radius 3 is 1.49 bits per heavy atom. The summed E-state index contributed by atoms with van der Waals surface area (Å²) in [6.07, 6.45) is 55.6. The maximum atomic E-state index is 13.1. The number of rotatable bonds is 41. The van der Waals surface area contributed by atoms with Crippen molar-refractivity contribution in [2.45, 2.75) is 232 Å². The predicted molar refractivity (Wildman–Crippen MR) is 245 cm³/mol. The molecule has 328 valence electrons. The Morgan fingerprint density at radius 1 is 0.544 bits per heavy atom. The molecule has 0 spiro atoms. The van der Waals surface area contributed by atoms with Crippen LogP contribution in [0.3, 0.4) is 0 Å². The maximum Gasteiger partial charge on any atom is 0.306 e. The molecule has 0 aromatic rings. The lowest BCUT2D eigenvalue weighted by atomic mass is 10.0. The van der Waals surface area contributed by atoms with E-state index in [1.54, 1.807) is 6.08 Å². The molecule has 6 nitrogen and oxygen atoms in total. The van der Waals surface area contributed by atoms with E-state index in [-0.39, 0.29) is 24.9 Å². The molecule has 0 saturated carbocycles. The minimum atomic E-state index is -0.819. The fourth-order valence-electron chi connectivity index (χ4n) is 6.68. The first-order valence-electron chi connectivity index (χ1n) is 23.7. The van der Waals surface area contributed by atoms with E-state index in [4.69, 9.17) is 4.74 Å². The summed E-state index contributed by atoms with van der Waals surface area (Å²) in [4.78, 5) is 26.0. The molecule has 0 aromatic heterocycles. The minimum Gasteiger partial charge on any atom is -0.458 e. The first kappa shape index (κ1) is 54.3. The van der Waals surface area contributed by atoms with Crippen LogP contribution in [0.4, 0.5) is 0 Å². The van der Waals surface area contributed by atoms with Gasteiger partial charge in [0.1, 0.15) is 6.10 Å². The van der Waals surface area contributed by atoms with Gasteiger partial charge in [-0.3, -0.25) is 9.59 Å². The molecular formula is C51H89NO5. The molecule has 0 bridgehead atoms. The first-order chi connectivity index (χ1) is 28.0. The van der Waals surface area contributed by atoms with E-state index >= 15 is 0 Å². The molecule has 0 aliphatic heterocycles. The average Bonchev–Trinajstić information content (AvgIpc) is 3.20. The molecule has 3 N–H and O–H groups in total. The zero-order valence-electron chi connectivity index (χ0n) is 37.2. The van der Waals surface area contributed by atoms with Crippen LogP contribution in [0.15, 0.2) is 72.9 Å². The van der Waals surface area contributed by atoms with Crippen molar-refractivity contribution < 1.29 is 24.5 Å². The summed E-state index contributed by atoms with van der Waals surface area (Å²) in [7, 11) is 0. The minimum absolute atomic E-state index is 0.0499. The number of unbranched alkanes of at least 4 members (excludes halogenated alkanes) is 19. The van der Waals surface area contributed by atoms with E-state index in [1.165, 1.54) is 103 Å². The zero-order valence-corrected chi connectivity index (χ0v) is 37.2. The second kappa shape index (κ2) is 44.4. The highest BCUT2D eigenvalue weighted by Crippen LogP contribution is 2.15. The highest BCUT2D eigenvalue weighted by Gasteiger charge is 2.23. The van der Waals surface area contributed by atoms with Gasteiger partial charge < -0.3 is 20.3 Å². The van der Waals surface area contributed by atoms with Crippen LogP contribution in [0.25, 0.3) is 0 Å². The van der Waals surface area contributed by atoms with Crippen LogP contribution in [0.5, 0.6) is 0 Å². The Hall–Kier alpha value is -2.70. The van der Waals surface area contributed by atoms with Gasteiger partial charge in [0.15, 0.2) is 0 Å². The third kappa shape index (κ3) is 39.9. The molecule has 57 heavy (non-hydrogen) atoms. The van der Waals surface area contributed by atoms with Gasteiger partial charge in [-0.15, -0.1) is 0 Å². The normalized spacial score (nSPS) is 14.0. The molecule has 0 aliphatic rings. The van der Waals surface area contributed by atoms with Gasteiger partial charge >= 0.3 is 5.97 Å². The van der Waals surface area contributed by atoms with Crippen LogP contribution in [-0.2, 0) is 14.3 Å². The lowest BCUT2D eigenvalue weighted by molar-refractivity contribution is -0.148. The summed E-state index contributed by atoms with van der Waals surface area (Å²) < 4.78 is 5.80. The Kier molecular flexibility index (Phi) is 42.3. The summed E-state index contributed by atoms with van der Waals surface area (Å²) in [5.74, 6) is -0.639. The van der Waals surface area contributed by atoms with Crippen molar-refractivity contribution in [2.75, 3.05) is 6.61 Å². The van der Waals surface area contributed by atoms with Crippen LogP contribution in [-0.4, -0.2) is 46.9 Å². The standard InChI is InChI=1S/C51H89NO5/c1-4-7-10-13-16-19-21-23-25-27-29-32-35-38-41-44-51(56)57-47(42-39-36-33-31-28-26-24-22-20-17-14-11-8-5-2)45-50(55)52-48(46-53)49(54)43-40-37-34-30-18-15-12-9-6-3/h8,11,17,19-21,24,26,31,33,39,42,47-49,53-54H,4-7,9-10,12-16,18,22-23,25,27-30,32,34-38,40-41,43-46H2,1-3H3,(H,52,55)/b11-8+,20-17+,21-19-,26-24+,33-31+,42-39+. The van der Waals surface area contributed by atoms with E-state index in [0.29, 0.717) is 19.3 Å². The molecule has 0 saturated heterocycles. The van der Waals surface area contributed by atoms with Crippen molar-refractivity contribution in [1.29, 1.82) is 0 Å². The molecule has 0 aromatic carbocycles. The van der Waals surface area contributed by atoms with E-state index in [2.05, 4.69) is 86.8 Å². The molecule has 3 unspecified atom stereocenters. The monoisotopic (exact) mass is 796 g/mol. The first-order valence-corrected chi connectivity index (χ1v) is 23.7. The van der Waals surface area contributed by atoms with Crippen LogP contribution in [0.2, 0.25) is 0 Å². The van der Waals surface area contributed by atoms with E-state index in [9.17, 15) is 19.8 Å². The quantitative estimate of drug-likeness (QED) is 0.0325. The smallest absolute Gasteiger partial charge is 0.306 e. The highest BCUT2D eigenvalue weighted by molar-refractivity contribution is 5.78. The van der Waals surface area contributed by atoms with Crippen LogP contribution in [0.1, 0.15) is 213 Å². The van der Waals surface area contributed by atoms with Crippen molar-refractivity contribution >= 4 is 11.9 Å². The maximum absolute atomic E-state index is 13.1. The number of esters is 1. The lowest BCUT2D eigenvalue weighted by Crippen LogP contribution is -2.46. The Morgan fingerprint density at radius 2 is 0.982 bits per heavy atom. The summed E-state index contributed by atoms with van der Waals surface area (Å²) in [6.45, 7) is 6.28. The molecule has 0 heterocycles. The molecule has 1 amide bonds. The third-order valence-electron chi connectivity index (χ3n) is 10.3. The Balaban J connectivity index is 4.76. The van der Waals surface area contributed by atoms with Crippen LogP contribution >= 0.6 is 0 Å². The van der Waals surface area contributed by atoms with Gasteiger partial charge in [0.2, 0.25) is 5.91 Å². The van der Waals surface area contributed by atoms with Crippen molar-refractivity contribution in [3.05, 3.63) is 72.9 Å². The summed E-state index contributed by atoms with van der Waals surface area (Å²) >= 11 is 0. The number of aliphatic hydroxyl groups is 2. The second-order valence-electron chi connectivity index (χ2n) is 15.8. The van der Waals surface area contributed by atoms with Crippen LogP contribution in [0, 0.1) is 0 Å². The molecule has 0 aliphatic carbocycles. The SMILES string of the molecule is CC/C=C/C/C=C/C/C=C/C/C=C/C/C=C/C(CC(=O)NC(CO)C(O)CCCCCCCCCCC)OC(=O)CCCCCCCCC/C=C\CCCCCC. The number of amides is 1. The van der Waals surface area contributed by atoms with Gasteiger partial charge in [0, 0.05) is 6.42 Å². The second-order valence-corrected chi connectivity index (χ2v) is 15.8. The fourth-order valence-corrected chi connectivity index (χ4v) is 6.68. The van der Waals surface area contributed by atoms with Crippen molar-refractivity contribution in [2.24, 2.45) is 0 Å². The topological polar surface area (TPSA) is 95.9 Å². The van der Waals surface area contributed by atoms with E-state index < -0.39 is 18.2 Å². The molecule has 3 atom stereocenters. The number of carbonyl (C=O) groups excluding carboxylic acids is 2. The fraction of sp³-hybridized carbons (Fsp3) is 0.725.